The van der Waals surface area contributed by atoms with Gasteiger partial charge in [0.05, 0.1) is 7.11 Å². The van der Waals surface area contributed by atoms with E-state index in [9.17, 15) is 14.4 Å². The van der Waals surface area contributed by atoms with Gasteiger partial charge in [-0.15, -0.1) is 0 Å². The van der Waals surface area contributed by atoms with E-state index in [2.05, 4.69) is 15.4 Å². The lowest BCUT2D eigenvalue weighted by Gasteiger charge is -2.11. The van der Waals surface area contributed by atoms with E-state index in [1.165, 1.54) is 7.11 Å². The maximum Gasteiger partial charge on any atom is 0.325 e. The minimum atomic E-state index is -0.814. The molecular formula is C11H20N2O5. The first-order chi connectivity index (χ1) is 8.45. The van der Waals surface area contributed by atoms with Crippen LogP contribution < -0.4 is 10.6 Å². The van der Waals surface area contributed by atoms with Gasteiger partial charge in [-0.25, -0.2) is 4.79 Å². The van der Waals surface area contributed by atoms with Gasteiger partial charge in [0.1, 0.15) is 6.54 Å². The number of carboxylic acid groups (broad SMARTS) is 1. The van der Waals surface area contributed by atoms with E-state index in [0.29, 0.717) is 19.4 Å². The summed E-state index contributed by atoms with van der Waals surface area (Å²) in [5.41, 5.74) is 0. The second-order valence-corrected chi connectivity index (χ2v) is 4.01. The number of carbonyl (C=O) groups is 3. The fourth-order valence-corrected chi connectivity index (χ4v) is 1.23. The zero-order valence-electron chi connectivity index (χ0n) is 10.7. The number of ether oxygens (including phenoxy) is 1. The number of carboxylic acids is 1. The Bertz CT molecular complexity index is 293. The van der Waals surface area contributed by atoms with Gasteiger partial charge in [-0.1, -0.05) is 6.92 Å². The number of rotatable bonds is 8. The van der Waals surface area contributed by atoms with Crippen LogP contribution in [0.3, 0.4) is 0 Å². The highest BCUT2D eigenvalue weighted by Crippen LogP contribution is 2.08. The Balaban J connectivity index is 3.55. The summed E-state index contributed by atoms with van der Waals surface area (Å²) in [6.45, 7) is 2.20. The molecule has 0 saturated heterocycles. The van der Waals surface area contributed by atoms with Crippen molar-refractivity contribution in [1.82, 2.24) is 10.6 Å². The van der Waals surface area contributed by atoms with Gasteiger partial charge in [-0.2, -0.15) is 0 Å². The summed E-state index contributed by atoms with van der Waals surface area (Å²) >= 11 is 0. The molecule has 0 saturated carbocycles. The molecule has 0 aromatic carbocycles. The third-order valence-corrected chi connectivity index (χ3v) is 2.39. The zero-order valence-corrected chi connectivity index (χ0v) is 10.7. The second-order valence-electron chi connectivity index (χ2n) is 4.01. The Hall–Kier alpha value is -1.79. The van der Waals surface area contributed by atoms with Crippen LogP contribution in [0.4, 0.5) is 4.79 Å². The summed E-state index contributed by atoms with van der Waals surface area (Å²) in [6.07, 6.45) is 1.41. The number of carbonyl (C=O) groups excluding carboxylic acids is 2. The third kappa shape index (κ3) is 9.44. The summed E-state index contributed by atoms with van der Waals surface area (Å²) in [5, 5.41) is 13.4. The van der Waals surface area contributed by atoms with E-state index in [4.69, 9.17) is 5.11 Å². The van der Waals surface area contributed by atoms with Crippen LogP contribution in [0.5, 0.6) is 0 Å². The molecule has 0 fully saturated rings. The van der Waals surface area contributed by atoms with Crippen molar-refractivity contribution < 1.29 is 24.2 Å². The fraction of sp³-hybridized carbons (Fsp3) is 0.727. The first-order valence-corrected chi connectivity index (χ1v) is 5.76. The Morgan fingerprint density at radius 3 is 2.44 bits per heavy atom. The Morgan fingerprint density at radius 2 is 1.89 bits per heavy atom. The first-order valence-electron chi connectivity index (χ1n) is 5.76. The molecular weight excluding hydrogens is 240 g/mol. The van der Waals surface area contributed by atoms with Crippen molar-refractivity contribution in [3.8, 4) is 0 Å². The topological polar surface area (TPSA) is 105 Å². The third-order valence-electron chi connectivity index (χ3n) is 2.39. The lowest BCUT2D eigenvalue weighted by atomic mass is 10.0. The number of urea groups is 1. The maximum atomic E-state index is 11.2. The van der Waals surface area contributed by atoms with Crippen LogP contribution in [0.2, 0.25) is 0 Å². The highest BCUT2D eigenvalue weighted by Gasteiger charge is 2.07. The Morgan fingerprint density at radius 1 is 1.22 bits per heavy atom. The monoisotopic (exact) mass is 260 g/mol. The normalized spacial score (nSPS) is 11.4. The fourth-order valence-electron chi connectivity index (χ4n) is 1.23. The van der Waals surface area contributed by atoms with Crippen molar-refractivity contribution in [2.75, 3.05) is 20.2 Å². The van der Waals surface area contributed by atoms with Crippen LogP contribution in [-0.2, 0) is 14.3 Å². The van der Waals surface area contributed by atoms with E-state index in [-0.39, 0.29) is 18.9 Å². The van der Waals surface area contributed by atoms with E-state index < -0.39 is 18.0 Å². The number of methoxy groups -OCH3 is 1. The predicted molar refractivity (Wildman–Crippen MR) is 64.1 cm³/mol. The van der Waals surface area contributed by atoms with Gasteiger partial charge in [0, 0.05) is 13.0 Å². The van der Waals surface area contributed by atoms with E-state index in [1.54, 1.807) is 0 Å². The SMILES string of the molecule is COC(=O)CNC(=O)NCCC(C)CCC(=O)O. The molecule has 0 aliphatic heterocycles. The standard InChI is InChI=1S/C11H20N2O5/c1-8(3-4-9(14)15)5-6-12-11(17)13-7-10(16)18-2/h8H,3-7H2,1-2H3,(H,14,15)(H2,12,13,17). The van der Waals surface area contributed by atoms with Gasteiger partial charge in [-0.3, -0.25) is 9.59 Å². The molecule has 2 amide bonds. The number of hydrogen-bond donors (Lipinski definition) is 3. The summed E-state index contributed by atoms with van der Waals surface area (Å²) in [7, 11) is 1.24. The zero-order chi connectivity index (χ0) is 14.0. The molecule has 3 N–H and O–H groups in total. The van der Waals surface area contributed by atoms with Gasteiger partial charge in [0.15, 0.2) is 0 Å². The first kappa shape index (κ1) is 16.2. The molecule has 7 heteroatoms. The summed E-state index contributed by atoms with van der Waals surface area (Å²) < 4.78 is 4.36. The molecule has 104 valence electrons. The number of esters is 1. The van der Waals surface area contributed by atoms with Crippen molar-refractivity contribution in [3.63, 3.8) is 0 Å². The van der Waals surface area contributed by atoms with Gasteiger partial charge in [0.2, 0.25) is 0 Å². The molecule has 0 heterocycles. The summed E-state index contributed by atoms with van der Waals surface area (Å²) in [5.74, 6) is -1.10. The molecule has 7 nitrogen and oxygen atoms in total. The van der Waals surface area contributed by atoms with Crippen molar-refractivity contribution in [3.05, 3.63) is 0 Å². The van der Waals surface area contributed by atoms with Crippen molar-refractivity contribution in [1.29, 1.82) is 0 Å². The summed E-state index contributed by atoms with van der Waals surface area (Å²) in [4.78, 5) is 32.3. The largest absolute Gasteiger partial charge is 0.481 e. The van der Waals surface area contributed by atoms with Gasteiger partial charge in [-0.05, 0) is 18.8 Å². The van der Waals surface area contributed by atoms with Crippen LogP contribution in [0.15, 0.2) is 0 Å². The Labute approximate surface area is 106 Å². The molecule has 0 radical (unpaired) electrons. The highest BCUT2D eigenvalue weighted by molar-refractivity contribution is 5.80. The van der Waals surface area contributed by atoms with Gasteiger partial charge < -0.3 is 20.5 Å². The Kier molecular flexibility index (Phi) is 8.34. The number of aliphatic carboxylic acids is 1. The van der Waals surface area contributed by atoms with Gasteiger partial charge >= 0.3 is 18.0 Å². The molecule has 0 spiro atoms. The van der Waals surface area contributed by atoms with E-state index in [0.717, 1.165) is 0 Å². The minimum absolute atomic E-state index is 0.135. The van der Waals surface area contributed by atoms with Crippen LogP contribution >= 0.6 is 0 Å². The predicted octanol–water partition coefficient (Wildman–Crippen LogP) is 0.350. The van der Waals surface area contributed by atoms with Crippen LogP contribution in [0.25, 0.3) is 0 Å². The molecule has 1 unspecified atom stereocenters. The number of nitrogens with one attached hydrogen (secondary N) is 2. The van der Waals surface area contributed by atoms with Crippen molar-refractivity contribution in [2.45, 2.75) is 26.2 Å². The molecule has 1 atom stereocenters. The molecule has 0 rings (SSSR count). The number of hydrogen-bond acceptors (Lipinski definition) is 4. The minimum Gasteiger partial charge on any atom is -0.481 e. The lowest BCUT2D eigenvalue weighted by molar-refractivity contribution is -0.139. The quantitative estimate of drug-likeness (QED) is 0.546. The smallest absolute Gasteiger partial charge is 0.325 e. The molecule has 0 aromatic rings. The average molecular weight is 260 g/mol. The van der Waals surface area contributed by atoms with Crippen LogP contribution in [0, 0.1) is 5.92 Å². The molecule has 0 aromatic heterocycles. The molecule has 18 heavy (non-hydrogen) atoms. The second kappa shape index (κ2) is 9.26. The molecule has 0 aliphatic carbocycles. The molecule has 0 bridgehead atoms. The van der Waals surface area contributed by atoms with Gasteiger partial charge in [0.25, 0.3) is 0 Å². The van der Waals surface area contributed by atoms with E-state index in [1.807, 2.05) is 6.92 Å². The maximum absolute atomic E-state index is 11.2. The molecule has 0 aliphatic rings. The number of amides is 2. The van der Waals surface area contributed by atoms with Crippen LogP contribution in [-0.4, -0.2) is 43.3 Å². The highest BCUT2D eigenvalue weighted by atomic mass is 16.5. The van der Waals surface area contributed by atoms with Crippen molar-refractivity contribution >= 4 is 18.0 Å². The van der Waals surface area contributed by atoms with E-state index >= 15 is 0 Å². The van der Waals surface area contributed by atoms with Crippen LogP contribution in [0.1, 0.15) is 26.2 Å². The lowest BCUT2D eigenvalue weighted by Crippen LogP contribution is -2.39. The van der Waals surface area contributed by atoms with Crippen molar-refractivity contribution in [2.24, 2.45) is 5.92 Å². The average Bonchev–Trinajstić information content (AvgIpc) is 2.33. The summed E-state index contributed by atoms with van der Waals surface area (Å²) in [6, 6.07) is -0.439.